The van der Waals surface area contributed by atoms with Crippen LogP contribution in [0, 0.1) is 5.92 Å². The molecule has 0 aliphatic heterocycles. The summed E-state index contributed by atoms with van der Waals surface area (Å²) < 4.78 is 0. The lowest BCUT2D eigenvalue weighted by molar-refractivity contribution is 0.0516. The van der Waals surface area contributed by atoms with Gasteiger partial charge in [0, 0.05) is 12.5 Å². The van der Waals surface area contributed by atoms with E-state index in [4.69, 9.17) is 5.11 Å². The maximum atomic E-state index is 9.73. The Morgan fingerprint density at radius 1 is 0.846 bits per heavy atom. The maximum absolute atomic E-state index is 9.73. The topological polar surface area (TPSA) is 40.5 Å². The highest BCUT2D eigenvalue weighted by Crippen LogP contribution is 2.21. The fraction of sp³-hybridized carbons (Fsp3) is 1.00. The SMILES string of the molecule is OCC1CCCCCCCCC1O. The van der Waals surface area contributed by atoms with Crippen LogP contribution < -0.4 is 0 Å². The van der Waals surface area contributed by atoms with Crippen LogP contribution >= 0.6 is 0 Å². The highest BCUT2D eigenvalue weighted by atomic mass is 16.3. The Bertz CT molecular complexity index is 125. The van der Waals surface area contributed by atoms with Crippen molar-refractivity contribution >= 4 is 0 Å². The molecule has 0 aromatic heterocycles. The van der Waals surface area contributed by atoms with Crippen molar-refractivity contribution in [1.82, 2.24) is 0 Å². The molecule has 0 heterocycles. The zero-order valence-corrected chi connectivity index (χ0v) is 8.41. The molecule has 0 bridgehead atoms. The fourth-order valence-electron chi connectivity index (χ4n) is 2.11. The van der Waals surface area contributed by atoms with E-state index < -0.39 is 0 Å². The molecular weight excluding hydrogens is 164 g/mol. The van der Waals surface area contributed by atoms with Crippen molar-refractivity contribution < 1.29 is 10.2 Å². The van der Waals surface area contributed by atoms with Gasteiger partial charge in [0.15, 0.2) is 0 Å². The lowest BCUT2D eigenvalue weighted by atomic mass is 9.90. The van der Waals surface area contributed by atoms with Crippen LogP contribution in [0.3, 0.4) is 0 Å². The number of aliphatic hydroxyl groups is 2. The summed E-state index contributed by atoms with van der Waals surface area (Å²) in [6, 6.07) is 0. The van der Waals surface area contributed by atoms with Crippen LogP contribution in [-0.4, -0.2) is 22.9 Å². The molecule has 1 fully saturated rings. The second kappa shape index (κ2) is 6.39. The first-order chi connectivity index (χ1) is 6.34. The maximum Gasteiger partial charge on any atom is 0.0590 e. The van der Waals surface area contributed by atoms with Crippen molar-refractivity contribution in [3.8, 4) is 0 Å². The van der Waals surface area contributed by atoms with E-state index in [1.165, 1.54) is 32.1 Å². The summed E-state index contributed by atoms with van der Waals surface area (Å²) >= 11 is 0. The number of hydrogen-bond acceptors (Lipinski definition) is 2. The molecule has 2 nitrogen and oxygen atoms in total. The Balaban J connectivity index is 2.32. The Kier molecular flexibility index (Phi) is 5.40. The second-order valence-electron chi connectivity index (χ2n) is 4.21. The molecule has 1 aliphatic carbocycles. The quantitative estimate of drug-likeness (QED) is 0.658. The third-order valence-corrected chi connectivity index (χ3v) is 3.10. The summed E-state index contributed by atoms with van der Waals surface area (Å²) in [7, 11) is 0. The first-order valence-corrected chi connectivity index (χ1v) is 5.63. The van der Waals surface area contributed by atoms with Crippen LogP contribution in [0.25, 0.3) is 0 Å². The van der Waals surface area contributed by atoms with E-state index in [1.54, 1.807) is 0 Å². The van der Waals surface area contributed by atoms with E-state index >= 15 is 0 Å². The fourth-order valence-corrected chi connectivity index (χ4v) is 2.11. The van der Waals surface area contributed by atoms with E-state index in [2.05, 4.69) is 0 Å². The summed E-state index contributed by atoms with van der Waals surface area (Å²) in [5.41, 5.74) is 0. The van der Waals surface area contributed by atoms with Gasteiger partial charge in [0.05, 0.1) is 6.10 Å². The van der Waals surface area contributed by atoms with Crippen LogP contribution in [0.1, 0.15) is 51.4 Å². The van der Waals surface area contributed by atoms with Gasteiger partial charge in [-0.2, -0.15) is 0 Å². The number of hydrogen-bond donors (Lipinski definition) is 2. The first kappa shape index (κ1) is 11.0. The summed E-state index contributed by atoms with van der Waals surface area (Å²) in [4.78, 5) is 0. The van der Waals surface area contributed by atoms with Gasteiger partial charge < -0.3 is 10.2 Å². The van der Waals surface area contributed by atoms with Crippen LogP contribution in [-0.2, 0) is 0 Å². The average molecular weight is 186 g/mol. The lowest BCUT2D eigenvalue weighted by Crippen LogP contribution is -2.24. The lowest BCUT2D eigenvalue weighted by Gasteiger charge is -2.22. The van der Waals surface area contributed by atoms with Gasteiger partial charge >= 0.3 is 0 Å². The van der Waals surface area contributed by atoms with Crippen LogP contribution in [0.2, 0.25) is 0 Å². The smallest absolute Gasteiger partial charge is 0.0590 e. The van der Waals surface area contributed by atoms with Gasteiger partial charge in [-0.25, -0.2) is 0 Å². The monoisotopic (exact) mass is 186 g/mol. The van der Waals surface area contributed by atoms with Gasteiger partial charge in [0.25, 0.3) is 0 Å². The van der Waals surface area contributed by atoms with Gasteiger partial charge in [-0.15, -0.1) is 0 Å². The molecule has 0 spiro atoms. The van der Waals surface area contributed by atoms with E-state index in [9.17, 15) is 5.11 Å². The molecule has 1 aliphatic rings. The van der Waals surface area contributed by atoms with Crippen molar-refractivity contribution in [3.63, 3.8) is 0 Å². The minimum Gasteiger partial charge on any atom is -0.396 e. The van der Waals surface area contributed by atoms with Crippen molar-refractivity contribution in [2.45, 2.75) is 57.5 Å². The molecule has 78 valence electrons. The standard InChI is InChI=1S/C11H22O2/c12-9-10-7-5-3-1-2-4-6-8-11(10)13/h10-13H,1-9H2. The van der Waals surface area contributed by atoms with Crippen LogP contribution in [0.4, 0.5) is 0 Å². The van der Waals surface area contributed by atoms with Crippen LogP contribution in [0.5, 0.6) is 0 Å². The van der Waals surface area contributed by atoms with Gasteiger partial charge in [0.1, 0.15) is 0 Å². The molecule has 0 radical (unpaired) electrons. The summed E-state index contributed by atoms with van der Waals surface area (Å²) in [6.45, 7) is 0.154. The Labute approximate surface area is 81.0 Å². The van der Waals surface area contributed by atoms with E-state index in [0.29, 0.717) is 0 Å². The first-order valence-electron chi connectivity index (χ1n) is 5.63. The van der Waals surface area contributed by atoms with Gasteiger partial charge in [-0.1, -0.05) is 38.5 Å². The highest BCUT2D eigenvalue weighted by Gasteiger charge is 2.18. The molecule has 2 atom stereocenters. The second-order valence-corrected chi connectivity index (χ2v) is 4.21. The summed E-state index contributed by atoms with van der Waals surface area (Å²) in [5, 5.41) is 18.8. The molecule has 0 saturated heterocycles. The molecule has 13 heavy (non-hydrogen) atoms. The van der Waals surface area contributed by atoms with Crippen molar-refractivity contribution in [3.05, 3.63) is 0 Å². The van der Waals surface area contributed by atoms with E-state index in [1.807, 2.05) is 0 Å². The molecule has 0 aromatic carbocycles. The highest BCUT2D eigenvalue weighted by molar-refractivity contribution is 4.69. The molecule has 1 rings (SSSR count). The van der Waals surface area contributed by atoms with E-state index in [0.717, 1.165) is 19.3 Å². The number of rotatable bonds is 1. The minimum atomic E-state index is -0.261. The molecule has 2 unspecified atom stereocenters. The third kappa shape index (κ3) is 4.10. The van der Waals surface area contributed by atoms with Gasteiger partial charge in [-0.05, 0) is 12.8 Å². The minimum absolute atomic E-state index is 0.137. The average Bonchev–Trinajstić information content (AvgIpc) is 2.16. The largest absolute Gasteiger partial charge is 0.396 e. The van der Waals surface area contributed by atoms with E-state index in [-0.39, 0.29) is 18.6 Å². The molecule has 1 saturated carbocycles. The number of aliphatic hydroxyl groups excluding tert-OH is 2. The third-order valence-electron chi connectivity index (χ3n) is 3.10. The van der Waals surface area contributed by atoms with Gasteiger partial charge in [-0.3, -0.25) is 0 Å². The zero-order chi connectivity index (χ0) is 9.52. The molecule has 0 amide bonds. The van der Waals surface area contributed by atoms with Crippen LogP contribution in [0.15, 0.2) is 0 Å². The van der Waals surface area contributed by atoms with Crippen molar-refractivity contribution in [2.75, 3.05) is 6.61 Å². The van der Waals surface area contributed by atoms with Gasteiger partial charge in [0.2, 0.25) is 0 Å². The summed E-state index contributed by atoms with van der Waals surface area (Å²) in [6.07, 6.45) is 9.06. The normalized spacial score (nSPS) is 32.8. The molecule has 0 aromatic rings. The molecular formula is C11H22O2. The Morgan fingerprint density at radius 3 is 2.00 bits per heavy atom. The molecule has 2 N–H and O–H groups in total. The van der Waals surface area contributed by atoms with Crippen molar-refractivity contribution in [1.29, 1.82) is 0 Å². The van der Waals surface area contributed by atoms with Crippen molar-refractivity contribution in [2.24, 2.45) is 5.92 Å². The zero-order valence-electron chi connectivity index (χ0n) is 8.41. The Hall–Kier alpha value is -0.0800. The predicted molar refractivity (Wildman–Crippen MR) is 53.5 cm³/mol. The Morgan fingerprint density at radius 2 is 1.38 bits per heavy atom. The summed E-state index contributed by atoms with van der Waals surface area (Å²) in [5.74, 6) is 0.137. The predicted octanol–water partition coefficient (Wildman–Crippen LogP) is 2.09. The molecule has 2 heteroatoms.